The van der Waals surface area contributed by atoms with Gasteiger partial charge in [-0.1, -0.05) is 43.2 Å². The minimum Gasteiger partial charge on any atom is -0.381 e. The predicted octanol–water partition coefficient (Wildman–Crippen LogP) is 3.41. The van der Waals surface area contributed by atoms with Crippen LogP contribution in [0.3, 0.4) is 0 Å². The van der Waals surface area contributed by atoms with Gasteiger partial charge in [-0.3, -0.25) is 4.79 Å². The molecule has 4 heteroatoms. The fraction of sp³-hybridized carbons (Fsp3) is 0.650. The van der Waals surface area contributed by atoms with Crippen molar-refractivity contribution in [3.8, 4) is 0 Å². The number of rotatable bonds is 6. The molecule has 132 valence electrons. The summed E-state index contributed by atoms with van der Waals surface area (Å²) in [6.45, 7) is 2.06. The molecule has 0 aromatic heterocycles. The van der Waals surface area contributed by atoms with Gasteiger partial charge >= 0.3 is 0 Å². The van der Waals surface area contributed by atoms with Crippen LogP contribution in [0.15, 0.2) is 30.3 Å². The van der Waals surface area contributed by atoms with E-state index in [2.05, 4.69) is 29.6 Å². The van der Waals surface area contributed by atoms with Crippen LogP contribution in [-0.4, -0.2) is 37.9 Å². The summed E-state index contributed by atoms with van der Waals surface area (Å²) in [5, 5.41) is 3.26. The van der Waals surface area contributed by atoms with Crippen LogP contribution in [-0.2, 0) is 14.3 Å². The van der Waals surface area contributed by atoms with E-state index in [0.717, 1.165) is 38.9 Å². The number of amides is 1. The van der Waals surface area contributed by atoms with Gasteiger partial charge in [0.15, 0.2) is 0 Å². The minimum atomic E-state index is 0.120. The summed E-state index contributed by atoms with van der Waals surface area (Å²) in [6, 6.07) is 10.9. The van der Waals surface area contributed by atoms with Crippen molar-refractivity contribution in [2.24, 2.45) is 0 Å². The van der Waals surface area contributed by atoms with Crippen LogP contribution >= 0.6 is 0 Å². The Morgan fingerprint density at radius 2 is 1.83 bits per heavy atom. The second-order valence-electron chi connectivity index (χ2n) is 6.91. The molecule has 1 saturated heterocycles. The number of benzene rings is 1. The van der Waals surface area contributed by atoms with Crippen LogP contribution < -0.4 is 5.32 Å². The van der Waals surface area contributed by atoms with Gasteiger partial charge in [0.1, 0.15) is 0 Å². The van der Waals surface area contributed by atoms with Gasteiger partial charge < -0.3 is 14.8 Å². The van der Waals surface area contributed by atoms with E-state index in [-0.39, 0.29) is 18.1 Å². The van der Waals surface area contributed by atoms with Crippen molar-refractivity contribution in [3.63, 3.8) is 0 Å². The van der Waals surface area contributed by atoms with E-state index in [4.69, 9.17) is 9.47 Å². The largest absolute Gasteiger partial charge is 0.381 e. The maximum atomic E-state index is 12.3. The van der Waals surface area contributed by atoms with E-state index in [1.54, 1.807) is 0 Å². The molecule has 2 aliphatic rings. The lowest BCUT2D eigenvalue weighted by molar-refractivity contribution is -0.124. The lowest BCUT2D eigenvalue weighted by Crippen LogP contribution is -2.41. The molecule has 1 aromatic rings. The third kappa shape index (κ3) is 5.05. The molecule has 1 saturated carbocycles. The van der Waals surface area contributed by atoms with Crippen molar-refractivity contribution in [1.29, 1.82) is 0 Å². The third-order valence-corrected chi connectivity index (χ3v) is 5.19. The highest BCUT2D eigenvalue weighted by atomic mass is 16.5. The second-order valence-corrected chi connectivity index (χ2v) is 6.91. The van der Waals surface area contributed by atoms with Crippen LogP contribution in [0.1, 0.15) is 56.4 Å². The van der Waals surface area contributed by atoms with Crippen LogP contribution in [0.25, 0.3) is 0 Å². The smallest absolute Gasteiger partial charge is 0.222 e. The van der Waals surface area contributed by atoms with Gasteiger partial charge in [-0.15, -0.1) is 0 Å². The SMILES string of the molecule is O=C(CCOC1CCOCC1)N[C@@H]1CCCC[C@@H]1c1ccccc1. The number of ether oxygens (including phenoxy) is 2. The van der Waals surface area contributed by atoms with E-state index >= 15 is 0 Å². The molecule has 0 unspecified atom stereocenters. The van der Waals surface area contributed by atoms with Gasteiger partial charge in [-0.05, 0) is 31.2 Å². The molecule has 2 fully saturated rings. The highest BCUT2D eigenvalue weighted by Gasteiger charge is 2.27. The maximum Gasteiger partial charge on any atom is 0.222 e. The fourth-order valence-electron chi connectivity index (χ4n) is 3.84. The Morgan fingerprint density at radius 3 is 2.62 bits per heavy atom. The summed E-state index contributed by atoms with van der Waals surface area (Å²) in [4.78, 5) is 12.3. The zero-order valence-electron chi connectivity index (χ0n) is 14.4. The van der Waals surface area contributed by atoms with E-state index in [1.807, 2.05) is 6.07 Å². The van der Waals surface area contributed by atoms with E-state index in [0.29, 0.717) is 18.9 Å². The summed E-state index contributed by atoms with van der Waals surface area (Å²) in [5.74, 6) is 0.565. The molecule has 24 heavy (non-hydrogen) atoms. The van der Waals surface area contributed by atoms with Crippen molar-refractivity contribution in [3.05, 3.63) is 35.9 Å². The monoisotopic (exact) mass is 331 g/mol. The van der Waals surface area contributed by atoms with E-state index in [9.17, 15) is 4.79 Å². The molecule has 4 nitrogen and oxygen atoms in total. The zero-order chi connectivity index (χ0) is 16.6. The van der Waals surface area contributed by atoms with Gasteiger partial charge in [0.05, 0.1) is 12.7 Å². The molecule has 3 rings (SSSR count). The summed E-state index contributed by atoms with van der Waals surface area (Å²) in [5.41, 5.74) is 1.35. The number of hydrogen-bond acceptors (Lipinski definition) is 3. The van der Waals surface area contributed by atoms with E-state index in [1.165, 1.54) is 18.4 Å². The molecular formula is C20H29NO3. The normalized spacial score (nSPS) is 25.3. The summed E-state index contributed by atoms with van der Waals surface area (Å²) < 4.78 is 11.1. The first-order chi connectivity index (χ1) is 11.8. The zero-order valence-corrected chi connectivity index (χ0v) is 14.4. The van der Waals surface area contributed by atoms with Gasteiger partial charge in [-0.25, -0.2) is 0 Å². The molecule has 0 radical (unpaired) electrons. The molecule has 2 atom stereocenters. The summed E-state index contributed by atoms with van der Waals surface area (Å²) in [6.07, 6.45) is 7.29. The Bertz CT molecular complexity index is 499. The van der Waals surface area contributed by atoms with Crippen LogP contribution in [0.2, 0.25) is 0 Å². The molecule has 1 aliphatic heterocycles. The Balaban J connectivity index is 1.45. The fourth-order valence-corrected chi connectivity index (χ4v) is 3.84. The molecule has 0 spiro atoms. The van der Waals surface area contributed by atoms with Crippen molar-refractivity contribution in [2.45, 2.75) is 63.0 Å². The van der Waals surface area contributed by atoms with Crippen LogP contribution in [0.4, 0.5) is 0 Å². The van der Waals surface area contributed by atoms with Crippen molar-refractivity contribution < 1.29 is 14.3 Å². The summed E-state index contributed by atoms with van der Waals surface area (Å²) in [7, 11) is 0. The van der Waals surface area contributed by atoms with Crippen molar-refractivity contribution in [1.82, 2.24) is 5.32 Å². The topological polar surface area (TPSA) is 47.6 Å². The highest BCUT2D eigenvalue weighted by Crippen LogP contribution is 2.33. The molecule has 1 aliphatic carbocycles. The standard InChI is InChI=1S/C20H29NO3/c22-20(12-15-24-17-10-13-23-14-11-17)21-19-9-5-4-8-18(19)16-6-2-1-3-7-16/h1-3,6-7,17-19H,4-5,8-15H2,(H,21,22)/t18-,19-/m1/s1. The minimum absolute atomic E-state index is 0.120. The van der Waals surface area contributed by atoms with Crippen molar-refractivity contribution >= 4 is 5.91 Å². The van der Waals surface area contributed by atoms with Crippen molar-refractivity contribution in [2.75, 3.05) is 19.8 Å². The van der Waals surface area contributed by atoms with Gasteiger partial charge in [0.2, 0.25) is 5.91 Å². The van der Waals surface area contributed by atoms with Gasteiger partial charge in [-0.2, -0.15) is 0 Å². The second kappa shape index (κ2) is 9.19. The Kier molecular flexibility index (Phi) is 6.67. The Labute approximate surface area is 144 Å². The van der Waals surface area contributed by atoms with Gasteiger partial charge in [0, 0.05) is 31.6 Å². The first-order valence-corrected chi connectivity index (χ1v) is 9.36. The number of carbonyl (C=O) groups excluding carboxylic acids is 1. The average Bonchev–Trinajstić information content (AvgIpc) is 2.64. The number of nitrogens with one attached hydrogen (secondary N) is 1. The quantitative estimate of drug-likeness (QED) is 0.869. The first-order valence-electron chi connectivity index (χ1n) is 9.36. The molecule has 1 aromatic carbocycles. The molecule has 1 N–H and O–H groups in total. The number of carbonyl (C=O) groups is 1. The van der Waals surface area contributed by atoms with Gasteiger partial charge in [0.25, 0.3) is 0 Å². The Hall–Kier alpha value is -1.39. The van der Waals surface area contributed by atoms with Crippen LogP contribution in [0, 0.1) is 0 Å². The maximum absolute atomic E-state index is 12.3. The Morgan fingerprint density at radius 1 is 1.08 bits per heavy atom. The lowest BCUT2D eigenvalue weighted by atomic mass is 9.80. The molecular weight excluding hydrogens is 302 g/mol. The molecule has 0 bridgehead atoms. The lowest BCUT2D eigenvalue weighted by Gasteiger charge is -2.32. The van der Waals surface area contributed by atoms with Crippen LogP contribution in [0.5, 0.6) is 0 Å². The molecule has 1 heterocycles. The average molecular weight is 331 g/mol. The third-order valence-electron chi connectivity index (χ3n) is 5.19. The van der Waals surface area contributed by atoms with E-state index < -0.39 is 0 Å². The number of hydrogen-bond donors (Lipinski definition) is 1. The predicted molar refractivity (Wildman–Crippen MR) is 94.0 cm³/mol. The first kappa shape index (κ1) is 17.4. The molecule has 1 amide bonds. The highest BCUT2D eigenvalue weighted by molar-refractivity contribution is 5.76. The summed E-state index contributed by atoms with van der Waals surface area (Å²) >= 11 is 0.